The molecule has 7 nitrogen and oxygen atoms in total. The normalized spacial score (nSPS) is 27.9. The number of carbonyl (C=O) groups excluding carboxylic acids is 3. The van der Waals surface area contributed by atoms with Crippen LogP contribution in [-0.4, -0.2) is 76.8 Å². The van der Waals surface area contributed by atoms with Crippen molar-refractivity contribution >= 4 is 23.4 Å². The van der Waals surface area contributed by atoms with E-state index in [1.54, 1.807) is 11.0 Å². The molecule has 0 aliphatic carbocycles. The lowest BCUT2D eigenvalue weighted by atomic mass is 9.98. The van der Waals surface area contributed by atoms with Gasteiger partial charge in [-0.15, -0.1) is 0 Å². The third-order valence-corrected chi connectivity index (χ3v) is 7.88. The van der Waals surface area contributed by atoms with Gasteiger partial charge in [-0.05, 0) is 70.7 Å². The van der Waals surface area contributed by atoms with E-state index in [9.17, 15) is 14.4 Å². The predicted octanol–water partition coefficient (Wildman–Crippen LogP) is 2.85. The lowest BCUT2D eigenvalue weighted by Gasteiger charge is -2.48. The van der Waals surface area contributed by atoms with E-state index in [0.29, 0.717) is 43.8 Å². The van der Waals surface area contributed by atoms with Gasteiger partial charge in [0.15, 0.2) is 0 Å². The molecule has 172 valence electrons. The molecule has 3 fully saturated rings. The number of nitrogens with zero attached hydrogens (tertiary/aromatic N) is 4. The Morgan fingerprint density at radius 1 is 1.09 bits per heavy atom. The highest BCUT2D eigenvalue weighted by atomic mass is 16.2. The monoisotopic (exact) mass is 438 g/mol. The third-order valence-electron chi connectivity index (χ3n) is 7.88. The second-order valence-corrected chi connectivity index (χ2v) is 9.91. The fourth-order valence-corrected chi connectivity index (χ4v) is 6.19. The van der Waals surface area contributed by atoms with Gasteiger partial charge in [0.2, 0.25) is 11.8 Å². The smallest absolute Gasteiger partial charge is 0.257 e. The summed E-state index contributed by atoms with van der Waals surface area (Å²) in [6.07, 6.45) is 6.87. The van der Waals surface area contributed by atoms with Crippen LogP contribution in [0.5, 0.6) is 0 Å². The topological polar surface area (TPSA) is 64.2 Å². The molecule has 0 aromatic heterocycles. The second kappa shape index (κ2) is 8.50. The van der Waals surface area contributed by atoms with Crippen LogP contribution in [0.3, 0.4) is 0 Å². The molecule has 1 aromatic carbocycles. The van der Waals surface area contributed by atoms with E-state index in [2.05, 4.69) is 9.80 Å². The van der Waals surface area contributed by atoms with Gasteiger partial charge >= 0.3 is 0 Å². The van der Waals surface area contributed by atoms with E-state index in [-0.39, 0.29) is 17.7 Å². The first kappa shape index (κ1) is 21.4. The molecule has 2 unspecified atom stereocenters. The summed E-state index contributed by atoms with van der Waals surface area (Å²) in [5.74, 6) is 0.242. The number of likely N-dealkylation sites (tertiary alicyclic amines) is 2. The maximum Gasteiger partial charge on any atom is 0.257 e. The number of fused-ring (bicyclic) bond motifs is 3. The van der Waals surface area contributed by atoms with Gasteiger partial charge < -0.3 is 14.7 Å². The van der Waals surface area contributed by atoms with Gasteiger partial charge in [0.1, 0.15) is 5.66 Å². The third kappa shape index (κ3) is 3.60. The predicted molar refractivity (Wildman–Crippen MR) is 122 cm³/mol. The lowest BCUT2D eigenvalue weighted by Crippen LogP contribution is -2.62. The highest BCUT2D eigenvalue weighted by Gasteiger charge is 2.52. The summed E-state index contributed by atoms with van der Waals surface area (Å²) in [6.45, 7) is 6.65. The van der Waals surface area contributed by atoms with Crippen LogP contribution in [0.4, 0.5) is 5.69 Å². The molecule has 3 amide bonds. The van der Waals surface area contributed by atoms with Crippen LogP contribution >= 0.6 is 0 Å². The van der Waals surface area contributed by atoms with Crippen molar-refractivity contribution in [2.45, 2.75) is 70.0 Å². The fraction of sp³-hybridized carbons (Fsp3) is 0.640. The largest absolute Gasteiger partial charge is 0.338 e. The standard InChI is InChI=1S/C25H34N4O3/c1-25-13-12-23(31)29(25)21-10-3-2-9-20(21)24(32)28(25)17-7-11-22(30)27-16-6-8-19(27)18-26-14-4-5-15-26/h2-3,9-10,19H,4-8,11-18H2,1H3. The molecule has 4 heterocycles. The van der Waals surface area contributed by atoms with E-state index < -0.39 is 5.66 Å². The summed E-state index contributed by atoms with van der Waals surface area (Å²) in [5, 5.41) is 0. The van der Waals surface area contributed by atoms with E-state index >= 15 is 0 Å². The maximum absolute atomic E-state index is 13.3. The first-order chi connectivity index (χ1) is 15.5. The Kier molecular flexibility index (Phi) is 5.70. The summed E-state index contributed by atoms with van der Waals surface area (Å²) in [5.41, 5.74) is 0.658. The van der Waals surface area contributed by atoms with E-state index in [4.69, 9.17) is 0 Å². The maximum atomic E-state index is 13.3. The Hall–Kier alpha value is -2.41. The molecule has 4 aliphatic heterocycles. The number of hydrogen-bond acceptors (Lipinski definition) is 4. The van der Waals surface area contributed by atoms with Gasteiger partial charge in [0, 0.05) is 38.5 Å². The van der Waals surface area contributed by atoms with Crippen molar-refractivity contribution in [1.29, 1.82) is 0 Å². The lowest BCUT2D eigenvalue weighted by molar-refractivity contribution is -0.132. The number of hydrogen-bond donors (Lipinski definition) is 0. The van der Waals surface area contributed by atoms with E-state index in [1.807, 2.05) is 30.0 Å². The number of benzene rings is 1. The van der Waals surface area contributed by atoms with Crippen LogP contribution < -0.4 is 4.90 Å². The number of carbonyl (C=O) groups is 3. The Morgan fingerprint density at radius 3 is 2.69 bits per heavy atom. The van der Waals surface area contributed by atoms with Crippen LogP contribution in [-0.2, 0) is 9.59 Å². The fourth-order valence-electron chi connectivity index (χ4n) is 6.19. The first-order valence-electron chi connectivity index (χ1n) is 12.2. The Balaban J connectivity index is 1.24. The van der Waals surface area contributed by atoms with E-state index in [0.717, 1.165) is 44.7 Å². The van der Waals surface area contributed by atoms with Crippen molar-refractivity contribution in [3.05, 3.63) is 29.8 Å². The summed E-state index contributed by atoms with van der Waals surface area (Å²) in [7, 11) is 0. The Labute approximate surface area is 190 Å². The quantitative estimate of drug-likeness (QED) is 0.685. The summed E-state index contributed by atoms with van der Waals surface area (Å²) in [6, 6.07) is 7.72. The number of rotatable bonds is 6. The van der Waals surface area contributed by atoms with Gasteiger partial charge in [0.25, 0.3) is 5.91 Å². The molecule has 4 aliphatic rings. The molecule has 2 atom stereocenters. The zero-order valence-corrected chi connectivity index (χ0v) is 19.1. The molecule has 0 saturated carbocycles. The Bertz CT molecular complexity index is 912. The molecule has 1 aromatic rings. The summed E-state index contributed by atoms with van der Waals surface area (Å²) in [4.78, 5) is 47.3. The van der Waals surface area contributed by atoms with Crippen molar-refractivity contribution in [3.8, 4) is 0 Å². The molecular weight excluding hydrogens is 404 g/mol. The second-order valence-electron chi connectivity index (χ2n) is 9.91. The van der Waals surface area contributed by atoms with Crippen molar-refractivity contribution in [2.24, 2.45) is 0 Å². The van der Waals surface area contributed by atoms with Crippen molar-refractivity contribution in [3.63, 3.8) is 0 Å². The van der Waals surface area contributed by atoms with Gasteiger partial charge in [-0.25, -0.2) is 0 Å². The van der Waals surface area contributed by atoms with Gasteiger partial charge in [-0.1, -0.05) is 12.1 Å². The molecular formula is C25H34N4O3. The molecule has 0 spiro atoms. The van der Waals surface area contributed by atoms with Crippen molar-refractivity contribution in [2.75, 3.05) is 37.6 Å². The minimum atomic E-state index is -0.641. The van der Waals surface area contributed by atoms with Crippen LogP contribution in [0.15, 0.2) is 24.3 Å². The van der Waals surface area contributed by atoms with Crippen molar-refractivity contribution in [1.82, 2.24) is 14.7 Å². The molecule has 0 N–H and O–H groups in total. The Morgan fingerprint density at radius 2 is 1.88 bits per heavy atom. The average molecular weight is 439 g/mol. The number of anilines is 1. The minimum Gasteiger partial charge on any atom is -0.338 e. The number of amides is 3. The highest BCUT2D eigenvalue weighted by Crippen LogP contribution is 2.44. The molecule has 0 bridgehead atoms. The molecule has 32 heavy (non-hydrogen) atoms. The summed E-state index contributed by atoms with van der Waals surface area (Å²) < 4.78 is 0. The zero-order valence-electron chi connectivity index (χ0n) is 19.1. The SMILES string of the molecule is CC12CCC(=O)N1c1ccccc1C(=O)N2CCCC(=O)N1CCCC1CN1CCCC1. The van der Waals surface area contributed by atoms with Crippen molar-refractivity contribution < 1.29 is 14.4 Å². The molecule has 3 saturated heterocycles. The molecule has 0 radical (unpaired) electrons. The van der Waals surface area contributed by atoms with Crippen LogP contribution in [0.2, 0.25) is 0 Å². The first-order valence-corrected chi connectivity index (χ1v) is 12.2. The van der Waals surface area contributed by atoms with E-state index in [1.165, 1.54) is 12.8 Å². The summed E-state index contributed by atoms with van der Waals surface area (Å²) >= 11 is 0. The van der Waals surface area contributed by atoms with Gasteiger partial charge in [0.05, 0.1) is 11.3 Å². The van der Waals surface area contributed by atoms with Gasteiger partial charge in [-0.2, -0.15) is 0 Å². The van der Waals surface area contributed by atoms with Crippen LogP contribution in [0, 0.1) is 0 Å². The molecule has 7 heteroatoms. The average Bonchev–Trinajstić information content (AvgIpc) is 3.53. The zero-order chi connectivity index (χ0) is 22.3. The van der Waals surface area contributed by atoms with Crippen LogP contribution in [0.25, 0.3) is 0 Å². The van der Waals surface area contributed by atoms with Crippen LogP contribution in [0.1, 0.15) is 68.6 Å². The molecule has 5 rings (SSSR count). The number of para-hydroxylation sites is 1. The van der Waals surface area contributed by atoms with Gasteiger partial charge in [-0.3, -0.25) is 19.3 Å². The minimum absolute atomic E-state index is 0.0328. The highest BCUT2D eigenvalue weighted by molar-refractivity contribution is 6.10.